The van der Waals surface area contributed by atoms with E-state index in [1.54, 1.807) is 6.20 Å². The summed E-state index contributed by atoms with van der Waals surface area (Å²) in [5.74, 6) is 1.28. The molecule has 0 aliphatic rings. The monoisotopic (exact) mass is 383 g/mol. The molecule has 1 unspecified atom stereocenters. The number of nitrogens with one attached hydrogen (secondary N) is 2. The number of rotatable bonds is 5. The standard InChI is InChI=1S/C24H21N3O2/c1-17(21-13-7-8-16-25-21)26-24(28)27-23-20-12-6-5-9-18(20)14-15-22(23)29-19-10-3-2-4-11-19/h2-17H,1H3,(H2,26,27,28). The molecule has 1 aromatic heterocycles. The summed E-state index contributed by atoms with van der Waals surface area (Å²) in [7, 11) is 0. The predicted molar refractivity (Wildman–Crippen MR) is 115 cm³/mol. The number of hydrogen-bond acceptors (Lipinski definition) is 3. The molecule has 2 amide bonds. The van der Waals surface area contributed by atoms with Gasteiger partial charge in [-0.25, -0.2) is 4.79 Å². The smallest absolute Gasteiger partial charge is 0.319 e. The molecule has 5 heteroatoms. The van der Waals surface area contributed by atoms with Gasteiger partial charge in [0, 0.05) is 11.6 Å². The summed E-state index contributed by atoms with van der Waals surface area (Å²) in [6.07, 6.45) is 1.71. The Hall–Kier alpha value is -3.86. The second kappa shape index (κ2) is 8.44. The minimum absolute atomic E-state index is 0.232. The lowest BCUT2D eigenvalue weighted by Gasteiger charge is -2.18. The van der Waals surface area contributed by atoms with Crippen molar-refractivity contribution in [3.63, 3.8) is 0 Å². The van der Waals surface area contributed by atoms with Gasteiger partial charge in [0.05, 0.1) is 17.4 Å². The number of carbonyl (C=O) groups is 1. The molecule has 0 aliphatic carbocycles. The quantitative estimate of drug-likeness (QED) is 0.450. The molecule has 0 bridgehead atoms. The zero-order valence-corrected chi connectivity index (χ0v) is 16.0. The second-order valence-corrected chi connectivity index (χ2v) is 6.65. The Bertz CT molecular complexity index is 1110. The highest BCUT2D eigenvalue weighted by atomic mass is 16.5. The Morgan fingerprint density at radius 3 is 2.45 bits per heavy atom. The fourth-order valence-corrected chi connectivity index (χ4v) is 3.13. The van der Waals surface area contributed by atoms with Crippen molar-refractivity contribution in [2.45, 2.75) is 13.0 Å². The number of ether oxygens (including phenoxy) is 1. The van der Waals surface area contributed by atoms with Crippen LogP contribution in [0.3, 0.4) is 0 Å². The maximum Gasteiger partial charge on any atom is 0.319 e. The van der Waals surface area contributed by atoms with Gasteiger partial charge in [-0.1, -0.05) is 54.6 Å². The molecule has 5 nitrogen and oxygen atoms in total. The molecule has 0 spiro atoms. The number of amides is 2. The van der Waals surface area contributed by atoms with E-state index in [0.29, 0.717) is 17.2 Å². The van der Waals surface area contributed by atoms with Crippen LogP contribution in [0.25, 0.3) is 10.8 Å². The van der Waals surface area contributed by atoms with Crippen LogP contribution in [-0.2, 0) is 0 Å². The average Bonchev–Trinajstić information content (AvgIpc) is 2.76. The van der Waals surface area contributed by atoms with E-state index in [-0.39, 0.29) is 12.1 Å². The Balaban J connectivity index is 1.62. The van der Waals surface area contributed by atoms with Crippen LogP contribution >= 0.6 is 0 Å². The average molecular weight is 383 g/mol. The van der Waals surface area contributed by atoms with Crippen molar-refractivity contribution in [2.75, 3.05) is 5.32 Å². The third kappa shape index (κ3) is 4.35. The molecule has 3 aromatic carbocycles. The highest BCUT2D eigenvalue weighted by Gasteiger charge is 2.15. The number of nitrogens with zero attached hydrogens (tertiary/aromatic N) is 1. The van der Waals surface area contributed by atoms with E-state index in [4.69, 9.17) is 4.74 Å². The first-order valence-corrected chi connectivity index (χ1v) is 9.44. The van der Waals surface area contributed by atoms with Gasteiger partial charge < -0.3 is 15.4 Å². The summed E-state index contributed by atoms with van der Waals surface area (Å²) in [5.41, 5.74) is 1.42. The summed E-state index contributed by atoms with van der Waals surface area (Å²) in [4.78, 5) is 17.0. The van der Waals surface area contributed by atoms with Gasteiger partial charge in [0.25, 0.3) is 0 Å². The van der Waals surface area contributed by atoms with Crippen LogP contribution in [0.1, 0.15) is 18.7 Å². The van der Waals surface area contributed by atoms with Crippen molar-refractivity contribution in [2.24, 2.45) is 0 Å². The molecule has 2 N–H and O–H groups in total. The minimum atomic E-state index is -0.322. The largest absolute Gasteiger partial charge is 0.455 e. The predicted octanol–water partition coefficient (Wildman–Crippen LogP) is 5.91. The van der Waals surface area contributed by atoms with E-state index >= 15 is 0 Å². The third-order valence-electron chi connectivity index (χ3n) is 4.58. The molecule has 1 atom stereocenters. The van der Waals surface area contributed by atoms with Gasteiger partial charge in [-0.05, 0) is 42.6 Å². The van der Waals surface area contributed by atoms with Crippen LogP contribution in [0.4, 0.5) is 10.5 Å². The van der Waals surface area contributed by atoms with Crippen LogP contribution in [0.2, 0.25) is 0 Å². The number of pyridine rings is 1. The number of benzene rings is 3. The number of carbonyl (C=O) groups excluding carboxylic acids is 1. The molecule has 1 heterocycles. The Morgan fingerprint density at radius 2 is 1.66 bits per heavy atom. The van der Waals surface area contributed by atoms with Crippen LogP contribution < -0.4 is 15.4 Å². The van der Waals surface area contributed by atoms with E-state index in [1.165, 1.54) is 0 Å². The first-order valence-electron chi connectivity index (χ1n) is 9.44. The fourth-order valence-electron chi connectivity index (χ4n) is 3.13. The van der Waals surface area contributed by atoms with Crippen molar-refractivity contribution in [1.82, 2.24) is 10.3 Å². The van der Waals surface area contributed by atoms with Crippen LogP contribution in [0.5, 0.6) is 11.5 Å². The number of fused-ring (bicyclic) bond motifs is 1. The van der Waals surface area contributed by atoms with Crippen LogP contribution in [0, 0.1) is 0 Å². The summed E-state index contributed by atoms with van der Waals surface area (Å²) in [6, 6.07) is 26.3. The maximum atomic E-state index is 12.7. The highest BCUT2D eigenvalue weighted by Crippen LogP contribution is 2.36. The molecule has 4 rings (SSSR count). The normalized spacial score (nSPS) is 11.6. The van der Waals surface area contributed by atoms with Gasteiger partial charge in [-0.3, -0.25) is 4.98 Å². The Kier molecular flexibility index (Phi) is 5.38. The number of anilines is 1. The molecule has 4 aromatic rings. The number of urea groups is 1. The van der Waals surface area contributed by atoms with E-state index in [2.05, 4.69) is 15.6 Å². The summed E-state index contributed by atoms with van der Waals surface area (Å²) < 4.78 is 6.05. The zero-order valence-electron chi connectivity index (χ0n) is 16.0. The number of aromatic nitrogens is 1. The van der Waals surface area contributed by atoms with Crippen molar-refractivity contribution in [3.05, 3.63) is 96.8 Å². The molecule has 144 valence electrons. The lowest BCUT2D eigenvalue weighted by Crippen LogP contribution is -2.31. The Labute approximate surface area is 169 Å². The molecular weight excluding hydrogens is 362 g/mol. The molecule has 0 aliphatic heterocycles. The first kappa shape index (κ1) is 18.5. The summed E-state index contributed by atoms with van der Waals surface area (Å²) in [6.45, 7) is 1.90. The van der Waals surface area contributed by atoms with Crippen LogP contribution in [-0.4, -0.2) is 11.0 Å². The van der Waals surface area contributed by atoms with Crippen molar-refractivity contribution < 1.29 is 9.53 Å². The van der Waals surface area contributed by atoms with Crippen molar-refractivity contribution >= 4 is 22.5 Å². The van der Waals surface area contributed by atoms with E-state index in [1.807, 2.05) is 91.9 Å². The van der Waals surface area contributed by atoms with Crippen molar-refractivity contribution in [1.29, 1.82) is 0 Å². The SMILES string of the molecule is CC(NC(=O)Nc1c(Oc2ccccc2)ccc2ccccc12)c1ccccn1. The van der Waals surface area contributed by atoms with Gasteiger partial charge in [0.2, 0.25) is 0 Å². The highest BCUT2D eigenvalue weighted by molar-refractivity contribution is 6.04. The number of para-hydroxylation sites is 1. The summed E-state index contributed by atoms with van der Waals surface area (Å²) in [5, 5.41) is 7.82. The third-order valence-corrected chi connectivity index (χ3v) is 4.58. The summed E-state index contributed by atoms with van der Waals surface area (Å²) >= 11 is 0. The number of hydrogen-bond donors (Lipinski definition) is 2. The molecule has 29 heavy (non-hydrogen) atoms. The Morgan fingerprint density at radius 1 is 0.897 bits per heavy atom. The van der Waals surface area contributed by atoms with E-state index in [9.17, 15) is 4.79 Å². The second-order valence-electron chi connectivity index (χ2n) is 6.65. The van der Waals surface area contributed by atoms with Crippen LogP contribution in [0.15, 0.2) is 91.1 Å². The van der Waals surface area contributed by atoms with E-state index in [0.717, 1.165) is 16.5 Å². The molecule has 0 saturated carbocycles. The zero-order chi connectivity index (χ0) is 20.1. The molecule has 0 radical (unpaired) electrons. The fraction of sp³-hybridized carbons (Fsp3) is 0.0833. The van der Waals surface area contributed by atoms with Gasteiger partial charge in [-0.2, -0.15) is 0 Å². The van der Waals surface area contributed by atoms with Gasteiger partial charge >= 0.3 is 6.03 Å². The lowest BCUT2D eigenvalue weighted by molar-refractivity contribution is 0.249. The molecule has 0 saturated heterocycles. The van der Waals surface area contributed by atoms with Crippen molar-refractivity contribution in [3.8, 4) is 11.5 Å². The maximum absolute atomic E-state index is 12.7. The van der Waals surface area contributed by atoms with Gasteiger partial charge in [0.15, 0.2) is 5.75 Å². The topological polar surface area (TPSA) is 63.2 Å². The lowest BCUT2D eigenvalue weighted by atomic mass is 10.1. The minimum Gasteiger partial charge on any atom is -0.455 e. The van der Waals surface area contributed by atoms with Gasteiger partial charge in [0.1, 0.15) is 5.75 Å². The molecule has 0 fully saturated rings. The van der Waals surface area contributed by atoms with Gasteiger partial charge in [-0.15, -0.1) is 0 Å². The molecular formula is C24H21N3O2. The first-order chi connectivity index (χ1) is 14.2. The van der Waals surface area contributed by atoms with E-state index < -0.39 is 0 Å².